The van der Waals surface area contributed by atoms with E-state index in [0.29, 0.717) is 18.7 Å². The molecule has 0 radical (unpaired) electrons. The maximum absolute atomic E-state index is 11.8. The summed E-state index contributed by atoms with van der Waals surface area (Å²) in [6.45, 7) is 4.05. The van der Waals surface area contributed by atoms with Crippen LogP contribution in [0, 0.1) is 0 Å². The number of amides is 1. The fourth-order valence-electron chi connectivity index (χ4n) is 3.28. The molecule has 1 aliphatic carbocycles. The third kappa shape index (κ3) is 6.18. The highest BCUT2D eigenvalue weighted by Gasteiger charge is 2.45. The summed E-state index contributed by atoms with van der Waals surface area (Å²) in [5.74, 6) is 0.743. The summed E-state index contributed by atoms with van der Waals surface area (Å²) in [5.41, 5.74) is 3.32. The van der Waals surface area contributed by atoms with E-state index in [-0.39, 0.29) is 35.3 Å². The molecule has 7 heteroatoms. The lowest BCUT2D eigenvalue weighted by molar-refractivity contribution is 0.0956. The van der Waals surface area contributed by atoms with Crippen LogP contribution in [0.1, 0.15) is 41.3 Å². The summed E-state index contributed by atoms with van der Waals surface area (Å²) in [6.07, 6.45) is 2.36. The van der Waals surface area contributed by atoms with Crippen molar-refractivity contribution in [3.63, 3.8) is 0 Å². The van der Waals surface area contributed by atoms with Gasteiger partial charge in [-0.3, -0.25) is 9.79 Å². The first kappa shape index (κ1) is 23.7. The summed E-state index contributed by atoms with van der Waals surface area (Å²) in [4.78, 5) is 16.2. The first-order valence-corrected chi connectivity index (χ1v) is 10.4. The molecule has 29 heavy (non-hydrogen) atoms. The molecule has 0 unspecified atom stereocenters. The van der Waals surface area contributed by atoms with E-state index in [2.05, 4.69) is 61.1 Å². The summed E-state index contributed by atoms with van der Waals surface area (Å²) < 4.78 is 1.17. The lowest BCUT2D eigenvalue weighted by Crippen LogP contribution is -2.41. The topological polar surface area (TPSA) is 65.5 Å². The zero-order valence-corrected chi connectivity index (χ0v) is 20.7. The lowest BCUT2D eigenvalue weighted by atomic mass is 9.96. The van der Waals surface area contributed by atoms with Crippen molar-refractivity contribution in [3.8, 4) is 0 Å². The van der Waals surface area contributed by atoms with E-state index in [9.17, 15) is 4.79 Å². The molecule has 2 aromatic carbocycles. The fourth-order valence-corrected chi connectivity index (χ4v) is 3.98. The highest BCUT2D eigenvalue weighted by Crippen LogP contribution is 2.49. The molecule has 0 spiro atoms. The van der Waals surface area contributed by atoms with Gasteiger partial charge in [-0.15, -0.1) is 24.0 Å². The monoisotopic (exact) mass is 570 g/mol. The highest BCUT2D eigenvalue weighted by molar-refractivity contribution is 14.0. The largest absolute Gasteiger partial charge is 0.356 e. The molecular weight excluding hydrogens is 543 g/mol. The van der Waals surface area contributed by atoms with Crippen LogP contribution in [0.3, 0.4) is 0 Å². The van der Waals surface area contributed by atoms with E-state index in [0.717, 1.165) is 18.1 Å². The minimum absolute atomic E-state index is 0. The van der Waals surface area contributed by atoms with Crippen molar-refractivity contribution in [3.05, 3.63) is 69.7 Å². The minimum Gasteiger partial charge on any atom is -0.356 e. The predicted molar refractivity (Wildman–Crippen MR) is 133 cm³/mol. The number of halogens is 2. The molecule has 0 aromatic heterocycles. The van der Waals surface area contributed by atoms with Gasteiger partial charge in [0.2, 0.25) is 0 Å². The van der Waals surface area contributed by atoms with Crippen LogP contribution in [0.5, 0.6) is 0 Å². The molecule has 156 valence electrons. The van der Waals surface area contributed by atoms with Crippen LogP contribution in [0.2, 0.25) is 0 Å². The van der Waals surface area contributed by atoms with Gasteiger partial charge in [-0.05, 0) is 49.1 Å². The third-order valence-electron chi connectivity index (χ3n) is 5.13. The number of hydrogen-bond acceptors (Lipinski definition) is 2. The lowest BCUT2D eigenvalue weighted by Gasteiger charge is -2.20. The number of carbonyl (C=O) groups excluding carboxylic acids is 1. The van der Waals surface area contributed by atoms with Crippen molar-refractivity contribution in [2.75, 3.05) is 20.1 Å². The molecule has 1 amide bonds. The van der Waals surface area contributed by atoms with Crippen molar-refractivity contribution in [1.82, 2.24) is 16.0 Å². The number of aliphatic imine (C=N–C) groups is 1. The second-order valence-electron chi connectivity index (χ2n) is 7.10. The Bertz CT molecular complexity index is 850. The van der Waals surface area contributed by atoms with E-state index in [1.807, 2.05) is 31.2 Å². The minimum atomic E-state index is -0.0405. The van der Waals surface area contributed by atoms with Crippen LogP contribution in [-0.2, 0) is 12.0 Å². The molecule has 1 fully saturated rings. The SMILES string of the molecule is CCNC(=O)c1ccc(CNC(=NC)NCC2(c3ccccc3Br)CC2)cc1.I. The van der Waals surface area contributed by atoms with Crippen molar-refractivity contribution < 1.29 is 4.79 Å². The Labute approximate surface area is 198 Å². The van der Waals surface area contributed by atoms with Gasteiger partial charge in [-0.2, -0.15) is 0 Å². The van der Waals surface area contributed by atoms with Crippen LogP contribution in [-0.4, -0.2) is 32.0 Å². The molecule has 0 atom stereocenters. The Hall–Kier alpha value is -1.61. The van der Waals surface area contributed by atoms with Gasteiger partial charge in [0.1, 0.15) is 0 Å². The first-order valence-electron chi connectivity index (χ1n) is 9.64. The maximum Gasteiger partial charge on any atom is 0.251 e. The number of benzene rings is 2. The van der Waals surface area contributed by atoms with Gasteiger partial charge < -0.3 is 16.0 Å². The van der Waals surface area contributed by atoms with Crippen molar-refractivity contribution in [1.29, 1.82) is 0 Å². The molecule has 1 aliphatic rings. The molecule has 2 aromatic rings. The van der Waals surface area contributed by atoms with Gasteiger partial charge in [-0.25, -0.2) is 0 Å². The molecular formula is C22H28BrIN4O. The predicted octanol–water partition coefficient (Wildman–Crippen LogP) is 4.21. The molecule has 0 bridgehead atoms. The van der Waals surface area contributed by atoms with Gasteiger partial charge in [0, 0.05) is 42.1 Å². The van der Waals surface area contributed by atoms with Gasteiger partial charge in [0.15, 0.2) is 5.96 Å². The second-order valence-corrected chi connectivity index (χ2v) is 7.95. The van der Waals surface area contributed by atoms with Crippen LogP contribution in [0.4, 0.5) is 0 Å². The second kappa shape index (κ2) is 11.0. The van der Waals surface area contributed by atoms with Crippen molar-refractivity contribution in [2.24, 2.45) is 4.99 Å². The number of rotatable bonds is 7. The normalized spacial score (nSPS) is 14.5. The van der Waals surface area contributed by atoms with Gasteiger partial charge in [-0.1, -0.05) is 46.3 Å². The molecule has 0 heterocycles. The van der Waals surface area contributed by atoms with Gasteiger partial charge in [0.25, 0.3) is 5.91 Å². The summed E-state index contributed by atoms with van der Waals surface area (Å²) in [6, 6.07) is 16.1. The van der Waals surface area contributed by atoms with Crippen LogP contribution < -0.4 is 16.0 Å². The van der Waals surface area contributed by atoms with E-state index in [1.54, 1.807) is 7.05 Å². The zero-order chi connectivity index (χ0) is 20.0. The standard InChI is InChI=1S/C22H27BrN4O.HI/c1-3-25-20(28)17-10-8-16(9-11-17)14-26-21(24-2)27-15-22(12-13-22)18-6-4-5-7-19(18)23;/h4-11H,3,12-15H2,1-2H3,(H,25,28)(H2,24,26,27);1H. The highest BCUT2D eigenvalue weighted by atomic mass is 127. The molecule has 3 N–H and O–H groups in total. The number of carbonyl (C=O) groups is 1. The Morgan fingerprint density at radius 3 is 2.34 bits per heavy atom. The average molecular weight is 571 g/mol. The molecule has 1 saturated carbocycles. The van der Waals surface area contributed by atoms with E-state index in [4.69, 9.17) is 0 Å². The van der Waals surface area contributed by atoms with E-state index < -0.39 is 0 Å². The van der Waals surface area contributed by atoms with Gasteiger partial charge >= 0.3 is 0 Å². The third-order valence-corrected chi connectivity index (χ3v) is 5.82. The maximum atomic E-state index is 11.8. The number of nitrogens with zero attached hydrogens (tertiary/aromatic N) is 1. The average Bonchev–Trinajstić information content (AvgIpc) is 3.50. The quantitative estimate of drug-likeness (QED) is 0.265. The Balaban J connectivity index is 0.00000300. The molecule has 0 aliphatic heterocycles. The smallest absolute Gasteiger partial charge is 0.251 e. The fraction of sp³-hybridized carbons (Fsp3) is 0.364. The Morgan fingerprint density at radius 2 is 1.76 bits per heavy atom. The number of nitrogens with one attached hydrogen (secondary N) is 3. The Morgan fingerprint density at radius 1 is 1.07 bits per heavy atom. The van der Waals surface area contributed by atoms with E-state index in [1.165, 1.54) is 22.9 Å². The summed E-state index contributed by atoms with van der Waals surface area (Å²) >= 11 is 3.68. The summed E-state index contributed by atoms with van der Waals surface area (Å²) in [7, 11) is 1.78. The van der Waals surface area contributed by atoms with Crippen molar-refractivity contribution >= 4 is 51.8 Å². The molecule has 5 nitrogen and oxygen atoms in total. The Kier molecular flexibility index (Phi) is 8.95. The first-order chi connectivity index (χ1) is 13.6. The number of guanidine groups is 1. The molecule has 0 saturated heterocycles. The molecule has 3 rings (SSSR count). The van der Waals surface area contributed by atoms with Crippen LogP contribution >= 0.6 is 39.9 Å². The van der Waals surface area contributed by atoms with Crippen LogP contribution in [0.25, 0.3) is 0 Å². The number of hydrogen-bond donors (Lipinski definition) is 3. The van der Waals surface area contributed by atoms with Gasteiger partial charge in [0.05, 0.1) is 0 Å². The van der Waals surface area contributed by atoms with Crippen LogP contribution in [0.15, 0.2) is 58.0 Å². The van der Waals surface area contributed by atoms with Crippen molar-refractivity contribution in [2.45, 2.75) is 31.7 Å². The summed E-state index contributed by atoms with van der Waals surface area (Å²) in [5, 5.41) is 9.63. The van der Waals surface area contributed by atoms with E-state index >= 15 is 0 Å². The zero-order valence-electron chi connectivity index (χ0n) is 16.8.